The Balaban J connectivity index is 1.71. The zero-order chi connectivity index (χ0) is 17.1. The van der Waals surface area contributed by atoms with Crippen LogP contribution in [0.1, 0.15) is 12.5 Å². The number of ether oxygens (including phenoxy) is 2. The van der Waals surface area contributed by atoms with Gasteiger partial charge in [0, 0.05) is 18.4 Å². The van der Waals surface area contributed by atoms with Crippen molar-refractivity contribution in [3.63, 3.8) is 0 Å². The number of nitrogens with zero attached hydrogens (tertiary/aromatic N) is 1. The fourth-order valence-electron chi connectivity index (χ4n) is 3.42. The van der Waals surface area contributed by atoms with E-state index in [9.17, 15) is 14.7 Å². The molecular weight excluding hydrogens is 310 g/mol. The molecule has 6 nitrogen and oxygen atoms in total. The van der Waals surface area contributed by atoms with E-state index < -0.39 is 24.2 Å². The molecule has 24 heavy (non-hydrogen) atoms. The average Bonchev–Trinajstić information content (AvgIpc) is 3.14. The molecule has 0 aromatic heterocycles. The monoisotopic (exact) mass is 331 g/mol. The summed E-state index contributed by atoms with van der Waals surface area (Å²) in [6.45, 7) is 2.42. The van der Waals surface area contributed by atoms with E-state index in [1.165, 1.54) is 4.90 Å². The third-order valence-electron chi connectivity index (χ3n) is 4.52. The highest BCUT2D eigenvalue weighted by Crippen LogP contribution is 2.39. The maximum Gasteiger partial charge on any atom is 0.410 e. The number of fused-ring (bicyclic) bond motifs is 1. The van der Waals surface area contributed by atoms with E-state index >= 15 is 0 Å². The summed E-state index contributed by atoms with van der Waals surface area (Å²) >= 11 is 0. The molecule has 0 radical (unpaired) electrons. The van der Waals surface area contributed by atoms with Gasteiger partial charge in [-0.05, 0) is 12.5 Å². The van der Waals surface area contributed by atoms with E-state index in [0.29, 0.717) is 6.54 Å². The Hall–Kier alpha value is -2.34. The number of aliphatic hydroxyl groups is 1. The number of esters is 1. The van der Waals surface area contributed by atoms with Gasteiger partial charge in [-0.3, -0.25) is 4.90 Å². The van der Waals surface area contributed by atoms with Crippen LogP contribution in [0.15, 0.2) is 42.5 Å². The number of carbonyl (C=O) groups excluding carboxylic acids is 2. The van der Waals surface area contributed by atoms with Crippen LogP contribution in [-0.2, 0) is 20.9 Å². The smallest absolute Gasteiger partial charge is 0.410 e. The van der Waals surface area contributed by atoms with Crippen molar-refractivity contribution < 1.29 is 24.2 Å². The van der Waals surface area contributed by atoms with Gasteiger partial charge >= 0.3 is 12.1 Å². The molecule has 1 aromatic rings. The van der Waals surface area contributed by atoms with Crippen molar-refractivity contribution in [2.45, 2.75) is 25.7 Å². The Kier molecular flexibility index (Phi) is 4.85. The largest absolute Gasteiger partial charge is 0.464 e. The Morgan fingerprint density at radius 2 is 1.96 bits per heavy atom. The number of benzene rings is 1. The summed E-state index contributed by atoms with van der Waals surface area (Å²) in [5.41, 5.74) is 0.873. The molecule has 6 heteroatoms. The Labute approximate surface area is 140 Å². The summed E-state index contributed by atoms with van der Waals surface area (Å²) in [7, 11) is 0. The first-order valence-electron chi connectivity index (χ1n) is 8.12. The molecule has 1 saturated heterocycles. The van der Waals surface area contributed by atoms with Gasteiger partial charge in [0.1, 0.15) is 12.6 Å². The summed E-state index contributed by atoms with van der Waals surface area (Å²) in [6.07, 6.45) is 2.21. The van der Waals surface area contributed by atoms with E-state index in [0.717, 1.165) is 5.56 Å². The van der Waals surface area contributed by atoms with Gasteiger partial charge in [0.25, 0.3) is 0 Å². The number of aliphatic hydroxyl groups excluding tert-OH is 1. The number of rotatable bonds is 4. The van der Waals surface area contributed by atoms with Gasteiger partial charge in [0.15, 0.2) is 0 Å². The minimum atomic E-state index is -0.816. The zero-order valence-electron chi connectivity index (χ0n) is 13.5. The molecule has 1 fully saturated rings. The van der Waals surface area contributed by atoms with Gasteiger partial charge in [0.2, 0.25) is 0 Å². The van der Waals surface area contributed by atoms with E-state index in [2.05, 4.69) is 0 Å². The normalized spacial score (nSPS) is 27.8. The van der Waals surface area contributed by atoms with E-state index in [1.54, 1.807) is 13.0 Å². The van der Waals surface area contributed by atoms with Gasteiger partial charge in [-0.25, -0.2) is 9.59 Å². The van der Waals surface area contributed by atoms with Crippen molar-refractivity contribution in [2.24, 2.45) is 11.8 Å². The molecule has 1 aliphatic carbocycles. The minimum absolute atomic E-state index is 0.0568. The van der Waals surface area contributed by atoms with Gasteiger partial charge in [-0.1, -0.05) is 42.5 Å². The predicted molar refractivity (Wildman–Crippen MR) is 85.9 cm³/mol. The second kappa shape index (κ2) is 7.05. The molecule has 0 bridgehead atoms. The van der Waals surface area contributed by atoms with E-state index in [-0.39, 0.29) is 25.0 Å². The molecule has 1 aliphatic heterocycles. The maximum atomic E-state index is 12.5. The van der Waals surface area contributed by atoms with Crippen LogP contribution in [0.4, 0.5) is 4.79 Å². The fraction of sp³-hybridized carbons (Fsp3) is 0.444. The summed E-state index contributed by atoms with van der Waals surface area (Å²) in [6, 6.07) is 8.53. The lowest BCUT2D eigenvalue weighted by molar-refractivity contribution is -0.150. The second-order valence-electron chi connectivity index (χ2n) is 6.01. The zero-order valence-corrected chi connectivity index (χ0v) is 13.5. The first kappa shape index (κ1) is 16.5. The van der Waals surface area contributed by atoms with Crippen molar-refractivity contribution in [1.82, 2.24) is 4.90 Å². The number of likely N-dealkylation sites (tertiary alicyclic amines) is 1. The Bertz CT molecular complexity index is 630. The van der Waals surface area contributed by atoms with Gasteiger partial charge in [-0.15, -0.1) is 0 Å². The van der Waals surface area contributed by atoms with Crippen LogP contribution in [0.2, 0.25) is 0 Å². The summed E-state index contributed by atoms with van der Waals surface area (Å²) < 4.78 is 10.4. The standard InChI is InChI=1S/C18H21NO5/c1-2-23-17(21)16-15-13(8-9-14(15)20)10-19(16)18(22)24-11-12-6-4-3-5-7-12/h3-9,13-16,20H,2,10-11H2,1H3. The van der Waals surface area contributed by atoms with E-state index in [1.807, 2.05) is 36.4 Å². The quantitative estimate of drug-likeness (QED) is 0.672. The second-order valence-corrected chi connectivity index (χ2v) is 6.01. The third-order valence-corrected chi connectivity index (χ3v) is 4.52. The van der Waals surface area contributed by atoms with Crippen LogP contribution >= 0.6 is 0 Å². The van der Waals surface area contributed by atoms with Crippen LogP contribution < -0.4 is 0 Å². The van der Waals surface area contributed by atoms with Crippen molar-refractivity contribution in [1.29, 1.82) is 0 Å². The molecule has 0 spiro atoms. The number of hydrogen-bond acceptors (Lipinski definition) is 5. The van der Waals surface area contributed by atoms with Crippen molar-refractivity contribution in [3.8, 4) is 0 Å². The van der Waals surface area contributed by atoms with Gasteiger partial charge in [-0.2, -0.15) is 0 Å². The van der Waals surface area contributed by atoms with Gasteiger partial charge in [0.05, 0.1) is 12.7 Å². The number of amides is 1. The molecule has 1 N–H and O–H groups in total. The molecule has 1 aromatic carbocycles. The molecule has 2 aliphatic rings. The van der Waals surface area contributed by atoms with Crippen LogP contribution in [0.25, 0.3) is 0 Å². The molecule has 4 atom stereocenters. The summed E-state index contributed by atoms with van der Waals surface area (Å²) in [5, 5.41) is 10.1. The molecular formula is C18H21NO5. The average molecular weight is 331 g/mol. The van der Waals surface area contributed by atoms with Crippen molar-refractivity contribution >= 4 is 12.1 Å². The maximum absolute atomic E-state index is 12.5. The molecule has 1 amide bonds. The Morgan fingerprint density at radius 3 is 2.67 bits per heavy atom. The first-order chi connectivity index (χ1) is 11.6. The first-order valence-corrected chi connectivity index (χ1v) is 8.12. The fourth-order valence-corrected chi connectivity index (χ4v) is 3.42. The van der Waals surface area contributed by atoms with Crippen LogP contribution in [0.3, 0.4) is 0 Å². The molecule has 128 valence electrons. The molecule has 0 saturated carbocycles. The summed E-state index contributed by atoms with van der Waals surface area (Å²) in [5.74, 6) is -0.920. The molecule has 4 unspecified atom stereocenters. The SMILES string of the molecule is CCOC(=O)C1C2C(O)C=CC2CN1C(=O)OCc1ccccc1. The molecule has 3 rings (SSSR count). The lowest BCUT2D eigenvalue weighted by Gasteiger charge is -2.26. The topological polar surface area (TPSA) is 76.1 Å². The lowest BCUT2D eigenvalue weighted by Crippen LogP contribution is -2.46. The predicted octanol–water partition coefficient (Wildman–Crippen LogP) is 1.73. The third kappa shape index (κ3) is 3.14. The van der Waals surface area contributed by atoms with Crippen LogP contribution in [0, 0.1) is 11.8 Å². The number of carbonyl (C=O) groups is 2. The van der Waals surface area contributed by atoms with Crippen LogP contribution in [-0.4, -0.2) is 47.4 Å². The highest BCUT2D eigenvalue weighted by atomic mass is 16.6. The van der Waals surface area contributed by atoms with Gasteiger partial charge < -0.3 is 14.6 Å². The highest BCUT2D eigenvalue weighted by Gasteiger charge is 2.52. The van der Waals surface area contributed by atoms with Crippen molar-refractivity contribution in [2.75, 3.05) is 13.2 Å². The highest BCUT2D eigenvalue weighted by molar-refractivity contribution is 5.83. The summed E-state index contributed by atoms with van der Waals surface area (Å²) in [4.78, 5) is 26.2. The Morgan fingerprint density at radius 1 is 1.21 bits per heavy atom. The van der Waals surface area contributed by atoms with Crippen LogP contribution in [0.5, 0.6) is 0 Å². The number of hydrogen-bond donors (Lipinski definition) is 1. The van der Waals surface area contributed by atoms with Crippen molar-refractivity contribution in [3.05, 3.63) is 48.0 Å². The van der Waals surface area contributed by atoms with E-state index in [4.69, 9.17) is 9.47 Å². The lowest BCUT2D eigenvalue weighted by atomic mass is 9.91. The minimum Gasteiger partial charge on any atom is -0.464 e. The molecule has 1 heterocycles.